The Morgan fingerprint density at radius 1 is 1.44 bits per heavy atom. The van der Waals surface area contributed by atoms with Gasteiger partial charge in [-0.25, -0.2) is 0 Å². The molecule has 5 heteroatoms. The molecule has 0 saturated carbocycles. The summed E-state index contributed by atoms with van der Waals surface area (Å²) >= 11 is 0. The van der Waals surface area contributed by atoms with Crippen molar-refractivity contribution in [2.24, 2.45) is 5.10 Å². The highest BCUT2D eigenvalue weighted by Gasteiger charge is 2.25. The van der Waals surface area contributed by atoms with Gasteiger partial charge in [-0.3, -0.25) is 9.80 Å². The van der Waals surface area contributed by atoms with Gasteiger partial charge < -0.3 is 0 Å². The van der Waals surface area contributed by atoms with Crippen molar-refractivity contribution in [1.82, 2.24) is 10.1 Å². The zero-order valence-electron chi connectivity index (χ0n) is 8.88. The minimum absolute atomic E-state index is 0.000258. The number of carbonyl (C=O) groups is 1. The van der Waals surface area contributed by atoms with E-state index in [-0.39, 0.29) is 12.5 Å². The van der Waals surface area contributed by atoms with Crippen molar-refractivity contribution in [3.8, 4) is 0 Å². The summed E-state index contributed by atoms with van der Waals surface area (Å²) in [4.78, 5) is 12.0. The summed E-state index contributed by atoms with van der Waals surface area (Å²) in [5, 5.41) is 5.65. The number of ketones is 1. The van der Waals surface area contributed by atoms with Gasteiger partial charge in [0.05, 0.1) is 0 Å². The first-order valence-electron chi connectivity index (χ1n) is 5.01. The molecule has 0 saturated heterocycles. The van der Waals surface area contributed by atoms with Crippen LogP contribution in [0.4, 0.5) is 4.48 Å². The lowest BCUT2D eigenvalue weighted by Gasteiger charge is -2.20. The van der Waals surface area contributed by atoms with Gasteiger partial charge in [0.1, 0.15) is 19.0 Å². The van der Waals surface area contributed by atoms with E-state index in [2.05, 4.69) is 5.10 Å². The van der Waals surface area contributed by atoms with Gasteiger partial charge in [-0.15, -0.1) is 0 Å². The fourth-order valence-electron chi connectivity index (χ4n) is 1.54. The minimum atomic E-state index is -0.459. The minimum Gasteiger partial charge on any atom is -0.292 e. The largest absolute Gasteiger partial charge is 0.292 e. The number of hydrogen-bond acceptors (Lipinski definition) is 4. The molecule has 0 fully saturated rings. The Balaban J connectivity index is 2.08. The summed E-state index contributed by atoms with van der Waals surface area (Å²) in [6.07, 6.45) is 1.06. The molecule has 0 spiro atoms. The molecule has 1 heterocycles. The second-order valence-corrected chi connectivity index (χ2v) is 3.62. The van der Waals surface area contributed by atoms with Crippen molar-refractivity contribution in [2.45, 2.75) is 13.0 Å². The van der Waals surface area contributed by atoms with E-state index in [1.165, 1.54) is 5.01 Å². The maximum Gasteiger partial charge on any atom is 0.186 e. The van der Waals surface area contributed by atoms with Crippen molar-refractivity contribution in [3.63, 3.8) is 0 Å². The van der Waals surface area contributed by atoms with Crippen LogP contribution in [-0.2, 0) is 0 Å². The molecule has 0 N–H and O–H groups in total. The summed E-state index contributed by atoms with van der Waals surface area (Å²) in [5.41, 5.74) is 0.613. The molecule has 1 unspecified atom stereocenters. The van der Waals surface area contributed by atoms with E-state index >= 15 is 0 Å². The molecular weight excluding hydrogens is 209 g/mol. The topological polar surface area (TPSA) is 35.9 Å². The molecule has 4 nitrogen and oxygen atoms in total. The average molecular weight is 221 g/mol. The van der Waals surface area contributed by atoms with Crippen LogP contribution in [0.3, 0.4) is 0 Å². The van der Waals surface area contributed by atoms with Crippen LogP contribution in [0.2, 0.25) is 0 Å². The van der Waals surface area contributed by atoms with Crippen molar-refractivity contribution < 1.29 is 9.28 Å². The highest BCUT2D eigenvalue weighted by molar-refractivity contribution is 5.99. The Labute approximate surface area is 92.9 Å². The Bertz CT molecular complexity index is 407. The molecule has 2 rings (SSSR count). The number of benzene rings is 1. The lowest BCUT2D eigenvalue weighted by molar-refractivity contribution is 0.0549. The van der Waals surface area contributed by atoms with Crippen LogP contribution in [0.1, 0.15) is 17.3 Å². The fraction of sp³-hybridized carbons (Fsp3) is 0.273. The smallest absolute Gasteiger partial charge is 0.186 e. The summed E-state index contributed by atoms with van der Waals surface area (Å²) in [5.74, 6) is -0.0620. The number of Topliss-reactive ketones (excluding diaryl/α,β-unsaturated/α-hetero) is 1. The maximum absolute atomic E-state index is 12.7. The van der Waals surface area contributed by atoms with Gasteiger partial charge in [0.25, 0.3) is 0 Å². The van der Waals surface area contributed by atoms with Crippen LogP contribution in [-0.4, -0.2) is 35.0 Å². The predicted molar refractivity (Wildman–Crippen MR) is 58.4 cm³/mol. The molecule has 1 aromatic carbocycles. The van der Waals surface area contributed by atoms with Crippen molar-refractivity contribution in [3.05, 3.63) is 35.9 Å². The Hall–Kier alpha value is -1.91. The molecule has 0 aromatic heterocycles. The Morgan fingerprint density at radius 2 is 2.12 bits per heavy atom. The van der Waals surface area contributed by atoms with Crippen molar-refractivity contribution in [1.29, 1.82) is 0 Å². The number of rotatable bonds is 3. The normalized spacial score (nSPS) is 16.6. The van der Waals surface area contributed by atoms with Crippen LogP contribution < -0.4 is 0 Å². The van der Waals surface area contributed by atoms with E-state index in [4.69, 9.17) is 0 Å². The monoisotopic (exact) mass is 221 g/mol. The van der Waals surface area contributed by atoms with E-state index < -0.39 is 6.04 Å². The highest BCUT2D eigenvalue weighted by atomic mass is 19.2. The van der Waals surface area contributed by atoms with Crippen molar-refractivity contribution in [2.75, 3.05) is 6.67 Å². The van der Waals surface area contributed by atoms with E-state index in [0.717, 1.165) is 6.34 Å². The van der Waals surface area contributed by atoms with E-state index in [1.807, 2.05) is 6.07 Å². The van der Waals surface area contributed by atoms with Gasteiger partial charge in [0.15, 0.2) is 5.78 Å². The molecule has 0 aliphatic carbocycles. The molecule has 0 radical (unpaired) electrons. The summed E-state index contributed by atoms with van der Waals surface area (Å²) in [6.45, 7) is 1.71. The lowest BCUT2D eigenvalue weighted by Crippen LogP contribution is -2.36. The Kier molecular flexibility index (Phi) is 2.85. The average Bonchev–Trinajstić information content (AvgIpc) is 2.75. The van der Waals surface area contributed by atoms with Gasteiger partial charge in [0, 0.05) is 5.56 Å². The number of carbonyl (C=O) groups excluding carboxylic acids is 1. The first-order valence-corrected chi connectivity index (χ1v) is 5.01. The number of hydrogen-bond donors (Lipinski definition) is 0. The van der Waals surface area contributed by atoms with Gasteiger partial charge in [-0.05, 0) is 6.92 Å². The number of hydrazone groups is 1. The van der Waals surface area contributed by atoms with Gasteiger partial charge in [-0.2, -0.15) is 10.2 Å². The number of nitrogens with zero attached hydrogens (tertiary/aromatic N) is 3. The van der Waals surface area contributed by atoms with Crippen LogP contribution in [0.25, 0.3) is 0 Å². The molecule has 1 aromatic rings. The lowest BCUT2D eigenvalue weighted by atomic mass is 10.1. The second kappa shape index (κ2) is 4.30. The third-order valence-corrected chi connectivity index (χ3v) is 2.49. The predicted octanol–water partition coefficient (Wildman–Crippen LogP) is 1.66. The first kappa shape index (κ1) is 10.6. The summed E-state index contributed by atoms with van der Waals surface area (Å²) in [7, 11) is 0. The first-order chi connectivity index (χ1) is 7.68. The third kappa shape index (κ3) is 2.03. The molecule has 1 aliphatic heterocycles. The highest BCUT2D eigenvalue weighted by Crippen LogP contribution is 2.12. The molecule has 84 valence electrons. The summed E-state index contributed by atoms with van der Waals surface area (Å²) < 4.78 is 12.7. The second-order valence-electron chi connectivity index (χ2n) is 3.62. The standard InChI is InChI=1S/C11H12FN3O/c1-9(15-8-14(12)7-13-15)11(16)10-5-3-2-4-6-10/h2-7,9H,8H2,1H3. The van der Waals surface area contributed by atoms with E-state index in [1.54, 1.807) is 31.2 Å². The number of halogens is 1. The maximum atomic E-state index is 12.7. The van der Waals surface area contributed by atoms with E-state index in [9.17, 15) is 9.28 Å². The van der Waals surface area contributed by atoms with Crippen molar-refractivity contribution >= 4 is 12.1 Å². The Morgan fingerprint density at radius 3 is 2.69 bits per heavy atom. The van der Waals surface area contributed by atoms with E-state index in [0.29, 0.717) is 10.7 Å². The molecule has 1 atom stereocenters. The fourth-order valence-corrected chi connectivity index (χ4v) is 1.54. The molecule has 0 bridgehead atoms. The SMILES string of the molecule is CC(C(=O)c1ccccc1)N1CN(F)C=N1. The molecular formula is C11H12FN3O. The van der Waals surface area contributed by atoms with Crippen LogP contribution in [0.5, 0.6) is 0 Å². The van der Waals surface area contributed by atoms with Crippen LogP contribution >= 0.6 is 0 Å². The van der Waals surface area contributed by atoms with Gasteiger partial charge in [-0.1, -0.05) is 34.8 Å². The quantitative estimate of drug-likeness (QED) is 0.575. The summed E-state index contributed by atoms with van der Waals surface area (Å²) in [6, 6.07) is 8.47. The third-order valence-electron chi connectivity index (χ3n) is 2.49. The zero-order chi connectivity index (χ0) is 11.5. The molecule has 0 amide bonds. The van der Waals surface area contributed by atoms with Crippen LogP contribution in [0, 0.1) is 0 Å². The van der Waals surface area contributed by atoms with Gasteiger partial charge in [0.2, 0.25) is 0 Å². The molecule has 16 heavy (non-hydrogen) atoms. The van der Waals surface area contributed by atoms with Crippen LogP contribution in [0.15, 0.2) is 35.4 Å². The molecule has 1 aliphatic rings. The zero-order valence-corrected chi connectivity index (χ0v) is 8.88. The van der Waals surface area contributed by atoms with Gasteiger partial charge >= 0.3 is 0 Å².